The highest BCUT2D eigenvalue weighted by Crippen LogP contribution is 2.42. The number of nitrogens with one attached hydrogen (secondary N) is 1. The van der Waals surface area contributed by atoms with Crippen molar-refractivity contribution in [1.82, 2.24) is 0 Å². The predicted octanol–water partition coefficient (Wildman–Crippen LogP) is 3.52. The summed E-state index contributed by atoms with van der Waals surface area (Å²) in [7, 11) is 0. The topological polar surface area (TPSA) is 71.9 Å². The summed E-state index contributed by atoms with van der Waals surface area (Å²) in [5, 5.41) is 7.98. The Labute approximate surface area is 159 Å². The number of fused-ring (bicyclic) bond motifs is 2. The minimum Gasteiger partial charge on any atom is -0.477 e. The van der Waals surface area contributed by atoms with E-state index in [0.717, 1.165) is 38.3 Å². The van der Waals surface area contributed by atoms with Gasteiger partial charge in [0.15, 0.2) is 11.5 Å². The molecule has 1 amide bonds. The van der Waals surface area contributed by atoms with Gasteiger partial charge in [-0.15, -0.1) is 23.1 Å². The monoisotopic (exact) mass is 390 g/mol. The second-order valence-corrected chi connectivity index (χ2v) is 8.11. The number of amides is 1. The number of nitrogens with zero attached hydrogens (tertiary/aromatic N) is 1. The highest BCUT2D eigenvalue weighted by Gasteiger charge is 2.28. The van der Waals surface area contributed by atoms with Gasteiger partial charge in [-0.1, -0.05) is 6.07 Å². The molecule has 1 aromatic carbocycles. The number of hydrogen-bond acceptors (Lipinski definition) is 7. The van der Waals surface area contributed by atoms with Crippen LogP contribution in [0.3, 0.4) is 0 Å². The van der Waals surface area contributed by atoms with Crippen molar-refractivity contribution in [2.24, 2.45) is 0 Å². The third kappa shape index (κ3) is 3.26. The molecule has 0 unspecified atom stereocenters. The van der Waals surface area contributed by atoms with Crippen LogP contribution in [0.15, 0.2) is 28.5 Å². The quantitative estimate of drug-likeness (QED) is 0.625. The lowest BCUT2D eigenvalue weighted by atomic mass is 10.1. The molecule has 0 spiro atoms. The van der Waals surface area contributed by atoms with Crippen molar-refractivity contribution >= 4 is 40.6 Å². The predicted molar refractivity (Wildman–Crippen MR) is 102 cm³/mol. The highest BCUT2D eigenvalue weighted by molar-refractivity contribution is 8.02. The zero-order valence-corrected chi connectivity index (χ0v) is 15.9. The summed E-state index contributed by atoms with van der Waals surface area (Å²) >= 11 is 3.04. The van der Waals surface area contributed by atoms with Crippen LogP contribution in [0.4, 0.5) is 5.69 Å². The highest BCUT2D eigenvalue weighted by atomic mass is 32.2. The third-order valence-electron chi connectivity index (χ3n) is 4.17. The number of thiophene rings is 1. The van der Waals surface area contributed by atoms with E-state index in [9.17, 15) is 4.79 Å². The molecular weight excluding hydrogens is 372 g/mol. The number of carbonyl (C=O) groups is 1. The molecule has 2 aliphatic rings. The molecule has 2 aromatic rings. The van der Waals surface area contributed by atoms with Gasteiger partial charge in [0.2, 0.25) is 18.6 Å². The Bertz CT molecular complexity index is 865. The van der Waals surface area contributed by atoms with E-state index in [1.54, 1.807) is 0 Å². The molecule has 3 heterocycles. The van der Waals surface area contributed by atoms with Crippen molar-refractivity contribution in [3.63, 3.8) is 0 Å². The van der Waals surface area contributed by atoms with Crippen molar-refractivity contribution in [2.75, 3.05) is 30.6 Å². The van der Waals surface area contributed by atoms with Crippen LogP contribution in [-0.4, -0.2) is 37.5 Å². The molecule has 26 heavy (non-hydrogen) atoms. The van der Waals surface area contributed by atoms with Crippen molar-refractivity contribution in [1.29, 1.82) is 5.41 Å². The minimum absolute atomic E-state index is 0.0931. The van der Waals surface area contributed by atoms with Gasteiger partial charge in [0.1, 0.15) is 0 Å². The van der Waals surface area contributed by atoms with Crippen LogP contribution in [0.2, 0.25) is 0 Å². The van der Waals surface area contributed by atoms with E-state index in [1.165, 1.54) is 23.1 Å². The van der Waals surface area contributed by atoms with Crippen molar-refractivity contribution in [2.45, 2.75) is 17.6 Å². The molecular formula is C18H18N2O4S2. The Morgan fingerprint density at radius 1 is 1.31 bits per heavy atom. The fraction of sp³-hybridized carbons (Fsp3) is 0.333. The van der Waals surface area contributed by atoms with Gasteiger partial charge in [-0.2, -0.15) is 0 Å². The number of rotatable bonds is 5. The first-order valence-electron chi connectivity index (χ1n) is 8.33. The molecule has 2 aliphatic heterocycles. The first-order valence-corrected chi connectivity index (χ1v) is 10.1. The van der Waals surface area contributed by atoms with Crippen molar-refractivity contribution in [3.8, 4) is 11.5 Å². The van der Waals surface area contributed by atoms with Crippen LogP contribution in [0.1, 0.15) is 17.4 Å². The molecule has 0 radical (unpaired) electrons. The molecule has 0 fully saturated rings. The maximum Gasteiger partial charge on any atom is 0.237 e. The van der Waals surface area contributed by atoms with Crippen LogP contribution in [0.5, 0.6) is 11.5 Å². The zero-order chi connectivity index (χ0) is 18.1. The molecule has 4 rings (SSSR count). The Morgan fingerprint density at radius 3 is 3.00 bits per heavy atom. The van der Waals surface area contributed by atoms with Crippen LogP contribution >= 0.6 is 23.1 Å². The maximum atomic E-state index is 12.5. The third-order valence-corrected chi connectivity index (χ3v) is 6.56. The minimum atomic E-state index is 0.0931. The van der Waals surface area contributed by atoms with E-state index < -0.39 is 0 Å². The lowest BCUT2D eigenvalue weighted by molar-refractivity contribution is -0.116. The second kappa shape index (κ2) is 7.20. The Hall–Kier alpha value is -2.19. The summed E-state index contributed by atoms with van der Waals surface area (Å²) in [4.78, 5) is 15.0. The SMILES string of the molecule is CCOC(=N)c1cc2c(s1)SCC(=O)N2CCc1ccc2c(c1)OCO2. The van der Waals surface area contributed by atoms with E-state index >= 15 is 0 Å². The standard InChI is InChI=1S/C18H18N2O4S2/c1-2-22-17(19)15-8-12-18(26-15)25-9-16(21)20(12)6-5-11-3-4-13-14(7-11)24-10-23-13/h3-4,7-8,19H,2,5-6,9-10H2,1H3. The first kappa shape index (κ1) is 17.2. The molecule has 0 atom stereocenters. The first-order chi connectivity index (χ1) is 12.7. The Morgan fingerprint density at radius 2 is 2.15 bits per heavy atom. The summed E-state index contributed by atoms with van der Waals surface area (Å²) in [6, 6.07) is 7.77. The van der Waals surface area contributed by atoms with Gasteiger partial charge in [-0.25, -0.2) is 0 Å². The lowest BCUT2D eigenvalue weighted by Gasteiger charge is -2.26. The normalized spacial score (nSPS) is 15.1. The van der Waals surface area contributed by atoms with Crippen LogP contribution in [0.25, 0.3) is 0 Å². The summed E-state index contributed by atoms with van der Waals surface area (Å²) < 4.78 is 17.1. The summed E-state index contributed by atoms with van der Waals surface area (Å²) in [6.07, 6.45) is 0.723. The van der Waals surface area contributed by atoms with Crippen LogP contribution < -0.4 is 14.4 Å². The molecule has 136 valence electrons. The summed E-state index contributed by atoms with van der Waals surface area (Å²) in [5.41, 5.74) is 1.98. The molecule has 0 saturated carbocycles. The van der Waals surface area contributed by atoms with Gasteiger partial charge in [0.05, 0.1) is 27.1 Å². The number of thioether (sulfide) groups is 1. The van der Waals surface area contributed by atoms with Gasteiger partial charge in [-0.3, -0.25) is 10.2 Å². The summed E-state index contributed by atoms with van der Waals surface area (Å²) in [6.45, 7) is 3.16. The largest absolute Gasteiger partial charge is 0.477 e. The Balaban J connectivity index is 1.51. The van der Waals surface area contributed by atoms with E-state index in [1.807, 2.05) is 36.1 Å². The van der Waals surface area contributed by atoms with Crippen molar-refractivity contribution < 1.29 is 19.0 Å². The molecule has 8 heteroatoms. The Kier molecular flexibility index (Phi) is 4.78. The average molecular weight is 390 g/mol. The van der Waals surface area contributed by atoms with Gasteiger partial charge < -0.3 is 19.1 Å². The van der Waals surface area contributed by atoms with Gasteiger partial charge >= 0.3 is 0 Å². The molecule has 0 bridgehead atoms. The smallest absolute Gasteiger partial charge is 0.237 e. The number of carbonyl (C=O) groups excluding carboxylic acids is 1. The van der Waals surface area contributed by atoms with Crippen LogP contribution in [0, 0.1) is 5.41 Å². The van der Waals surface area contributed by atoms with Gasteiger partial charge in [0.25, 0.3) is 0 Å². The molecule has 0 saturated heterocycles. The summed E-state index contributed by atoms with van der Waals surface area (Å²) in [5.74, 6) is 2.20. The van der Waals surface area contributed by atoms with Crippen molar-refractivity contribution in [3.05, 3.63) is 34.7 Å². The van der Waals surface area contributed by atoms with E-state index in [0.29, 0.717) is 18.9 Å². The number of anilines is 1. The van der Waals surface area contributed by atoms with Gasteiger partial charge in [-0.05, 0) is 37.1 Å². The molecule has 6 nitrogen and oxygen atoms in total. The number of hydrogen-bond donors (Lipinski definition) is 1. The molecule has 0 aliphatic carbocycles. The second-order valence-electron chi connectivity index (χ2n) is 5.82. The fourth-order valence-electron chi connectivity index (χ4n) is 2.91. The number of benzene rings is 1. The fourth-order valence-corrected chi connectivity index (χ4v) is 5.11. The lowest BCUT2D eigenvalue weighted by Crippen LogP contribution is -2.36. The van der Waals surface area contributed by atoms with Gasteiger partial charge in [0, 0.05) is 6.54 Å². The molecule has 1 N–H and O–H groups in total. The number of ether oxygens (including phenoxy) is 3. The zero-order valence-electron chi connectivity index (χ0n) is 14.2. The van der Waals surface area contributed by atoms with E-state index in [4.69, 9.17) is 19.6 Å². The van der Waals surface area contributed by atoms with E-state index in [2.05, 4.69) is 0 Å². The van der Waals surface area contributed by atoms with Crippen LogP contribution in [-0.2, 0) is 16.0 Å². The molecule has 1 aromatic heterocycles. The maximum absolute atomic E-state index is 12.5. The van der Waals surface area contributed by atoms with E-state index in [-0.39, 0.29) is 18.6 Å². The average Bonchev–Trinajstić information content (AvgIpc) is 3.27.